The Balaban J connectivity index is 3.21. The molecule has 0 spiro atoms. The number of primary amides is 1. The van der Waals surface area contributed by atoms with E-state index in [1.54, 1.807) is 0 Å². The van der Waals surface area contributed by atoms with Gasteiger partial charge in [0.1, 0.15) is 5.69 Å². The van der Waals surface area contributed by atoms with Crippen molar-refractivity contribution in [1.29, 1.82) is 0 Å². The molecular formula is C9H12N2O. The van der Waals surface area contributed by atoms with Crippen LogP contribution in [0.2, 0.25) is 0 Å². The smallest absolute Gasteiger partial charge is 0.267 e. The minimum atomic E-state index is -0.449. The van der Waals surface area contributed by atoms with Crippen LogP contribution in [0, 0.1) is 6.92 Å². The zero-order valence-corrected chi connectivity index (χ0v) is 7.29. The Morgan fingerprint density at radius 2 is 2.25 bits per heavy atom. The zero-order valence-electron chi connectivity index (χ0n) is 7.29. The first kappa shape index (κ1) is 8.71. The van der Waals surface area contributed by atoms with E-state index in [0.29, 0.717) is 5.69 Å². The number of nitrogens with two attached hydrogens (primary N) is 1. The summed E-state index contributed by atoms with van der Waals surface area (Å²) in [5, 5.41) is 0. The summed E-state index contributed by atoms with van der Waals surface area (Å²) in [6.45, 7) is 3.81. The summed E-state index contributed by atoms with van der Waals surface area (Å²) in [7, 11) is 0. The van der Waals surface area contributed by atoms with Crippen LogP contribution in [0.1, 0.15) is 28.7 Å². The predicted octanol–water partition coefficient (Wildman–Crippen LogP) is 1.05. The van der Waals surface area contributed by atoms with Gasteiger partial charge < -0.3 is 5.73 Å². The third kappa shape index (κ3) is 1.61. The summed E-state index contributed by atoms with van der Waals surface area (Å²) in [5.41, 5.74) is 7.29. The fraction of sp³-hybridized carbons (Fsp3) is 0.333. The first-order valence-electron chi connectivity index (χ1n) is 3.91. The van der Waals surface area contributed by atoms with Gasteiger partial charge in [0.2, 0.25) is 0 Å². The van der Waals surface area contributed by atoms with Crippen molar-refractivity contribution in [2.75, 3.05) is 0 Å². The Kier molecular flexibility index (Phi) is 2.43. The molecule has 0 aliphatic rings. The molecule has 3 nitrogen and oxygen atoms in total. The molecule has 0 aliphatic carbocycles. The molecule has 1 aromatic heterocycles. The molecule has 0 unspecified atom stereocenters. The Bertz CT molecular complexity index is 307. The van der Waals surface area contributed by atoms with Gasteiger partial charge in [-0.3, -0.25) is 4.79 Å². The monoisotopic (exact) mass is 164 g/mol. The van der Waals surface area contributed by atoms with Crippen LogP contribution >= 0.6 is 0 Å². The second kappa shape index (κ2) is 3.34. The number of rotatable bonds is 2. The number of nitrogens with zero attached hydrogens (tertiary/aromatic N) is 1. The molecule has 12 heavy (non-hydrogen) atoms. The minimum absolute atomic E-state index is 0.400. The van der Waals surface area contributed by atoms with Crippen molar-refractivity contribution >= 4 is 5.91 Å². The first-order chi connectivity index (χ1) is 5.65. The molecule has 0 radical (unpaired) electrons. The maximum atomic E-state index is 10.9. The average Bonchev–Trinajstić information content (AvgIpc) is 2.04. The van der Waals surface area contributed by atoms with E-state index in [2.05, 4.69) is 4.98 Å². The van der Waals surface area contributed by atoms with Gasteiger partial charge in [-0.05, 0) is 25.0 Å². The summed E-state index contributed by atoms with van der Waals surface area (Å²) >= 11 is 0. The Labute approximate surface area is 71.6 Å². The average molecular weight is 164 g/mol. The predicted molar refractivity (Wildman–Crippen MR) is 46.9 cm³/mol. The number of carbonyl (C=O) groups is 1. The van der Waals surface area contributed by atoms with Crippen LogP contribution in [0.25, 0.3) is 0 Å². The highest BCUT2D eigenvalue weighted by Crippen LogP contribution is 2.07. The lowest BCUT2D eigenvalue weighted by atomic mass is 10.1. The molecule has 0 atom stereocenters. The molecule has 1 heterocycles. The summed E-state index contributed by atoms with van der Waals surface area (Å²) < 4.78 is 0. The molecule has 0 bridgehead atoms. The van der Waals surface area contributed by atoms with Gasteiger partial charge in [0.25, 0.3) is 5.91 Å². The third-order valence-electron chi connectivity index (χ3n) is 1.73. The summed E-state index contributed by atoms with van der Waals surface area (Å²) in [4.78, 5) is 15.0. The fourth-order valence-corrected chi connectivity index (χ4v) is 1.08. The highest BCUT2D eigenvalue weighted by atomic mass is 16.1. The molecule has 1 aromatic rings. The lowest BCUT2D eigenvalue weighted by Crippen LogP contribution is -2.16. The van der Waals surface area contributed by atoms with Crippen molar-refractivity contribution in [3.05, 3.63) is 29.1 Å². The van der Waals surface area contributed by atoms with E-state index in [4.69, 9.17) is 5.73 Å². The maximum Gasteiger partial charge on any atom is 0.267 e. The molecular weight excluding hydrogens is 152 g/mol. The van der Waals surface area contributed by atoms with Crippen molar-refractivity contribution in [2.45, 2.75) is 20.3 Å². The highest BCUT2D eigenvalue weighted by Gasteiger charge is 2.07. The van der Waals surface area contributed by atoms with Gasteiger partial charge >= 0.3 is 0 Å². The second-order valence-electron chi connectivity index (χ2n) is 2.68. The van der Waals surface area contributed by atoms with Crippen molar-refractivity contribution in [3.8, 4) is 0 Å². The number of aryl methyl sites for hydroxylation is 2. The third-order valence-corrected chi connectivity index (χ3v) is 1.73. The van der Waals surface area contributed by atoms with Crippen LogP contribution in [-0.2, 0) is 6.42 Å². The van der Waals surface area contributed by atoms with Crippen LogP contribution in [0.15, 0.2) is 12.1 Å². The van der Waals surface area contributed by atoms with Gasteiger partial charge in [-0.15, -0.1) is 0 Å². The van der Waals surface area contributed by atoms with Crippen LogP contribution in [0.4, 0.5) is 0 Å². The van der Waals surface area contributed by atoms with E-state index >= 15 is 0 Å². The van der Waals surface area contributed by atoms with Crippen LogP contribution < -0.4 is 5.73 Å². The van der Waals surface area contributed by atoms with Gasteiger partial charge in [-0.25, -0.2) is 4.98 Å². The molecule has 64 valence electrons. The van der Waals surface area contributed by atoms with Gasteiger partial charge in [0.05, 0.1) is 0 Å². The highest BCUT2D eigenvalue weighted by molar-refractivity contribution is 5.92. The largest absolute Gasteiger partial charge is 0.364 e. The van der Waals surface area contributed by atoms with E-state index in [9.17, 15) is 4.79 Å². The quantitative estimate of drug-likeness (QED) is 0.710. The van der Waals surface area contributed by atoms with E-state index in [0.717, 1.165) is 17.7 Å². The molecule has 0 aliphatic heterocycles. The van der Waals surface area contributed by atoms with Gasteiger partial charge in [0.15, 0.2) is 0 Å². The molecule has 0 fully saturated rings. The summed E-state index contributed by atoms with van der Waals surface area (Å²) in [6.07, 6.45) is 0.783. The van der Waals surface area contributed by atoms with Gasteiger partial charge in [0, 0.05) is 5.69 Å². The molecule has 1 amide bonds. The van der Waals surface area contributed by atoms with Crippen molar-refractivity contribution in [1.82, 2.24) is 4.98 Å². The number of amides is 1. The Hall–Kier alpha value is -1.38. The van der Waals surface area contributed by atoms with Crippen molar-refractivity contribution < 1.29 is 4.79 Å². The number of pyridine rings is 1. The second-order valence-corrected chi connectivity index (χ2v) is 2.68. The normalized spacial score (nSPS) is 9.83. The van der Waals surface area contributed by atoms with Crippen molar-refractivity contribution in [3.63, 3.8) is 0 Å². The standard InChI is InChI=1S/C9H12N2O/c1-3-7-5-4-6(2)11-8(7)9(10)12/h4-5H,3H2,1-2H3,(H2,10,12). The molecule has 0 saturated carbocycles. The number of carbonyl (C=O) groups excluding carboxylic acids is 1. The fourth-order valence-electron chi connectivity index (χ4n) is 1.08. The lowest BCUT2D eigenvalue weighted by Gasteiger charge is -2.03. The maximum absolute atomic E-state index is 10.9. The van der Waals surface area contributed by atoms with E-state index < -0.39 is 5.91 Å². The lowest BCUT2D eigenvalue weighted by molar-refractivity contribution is 0.0994. The van der Waals surface area contributed by atoms with Crippen LogP contribution in [-0.4, -0.2) is 10.9 Å². The topological polar surface area (TPSA) is 56.0 Å². The van der Waals surface area contributed by atoms with Crippen LogP contribution in [0.5, 0.6) is 0 Å². The van der Waals surface area contributed by atoms with Gasteiger partial charge in [-0.1, -0.05) is 13.0 Å². The summed E-state index contributed by atoms with van der Waals surface area (Å²) in [6, 6.07) is 3.77. The van der Waals surface area contributed by atoms with Gasteiger partial charge in [-0.2, -0.15) is 0 Å². The molecule has 0 saturated heterocycles. The molecule has 3 heteroatoms. The number of hydrogen-bond donors (Lipinski definition) is 1. The van der Waals surface area contributed by atoms with E-state index in [-0.39, 0.29) is 0 Å². The van der Waals surface area contributed by atoms with E-state index in [1.165, 1.54) is 0 Å². The molecule has 0 aromatic carbocycles. The first-order valence-corrected chi connectivity index (χ1v) is 3.91. The SMILES string of the molecule is CCc1ccc(C)nc1C(N)=O. The van der Waals surface area contributed by atoms with Crippen molar-refractivity contribution in [2.24, 2.45) is 5.73 Å². The Morgan fingerprint density at radius 3 is 2.75 bits per heavy atom. The van der Waals surface area contributed by atoms with Crippen LogP contribution in [0.3, 0.4) is 0 Å². The number of hydrogen-bond acceptors (Lipinski definition) is 2. The molecule has 1 rings (SSSR count). The van der Waals surface area contributed by atoms with E-state index in [1.807, 2.05) is 26.0 Å². The molecule has 2 N–H and O–H groups in total. The summed E-state index contributed by atoms with van der Waals surface area (Å²) in [5.74, 6) is -0.449. The Morgan fingerprint density at radius 1 is 1.58 bits per heavy atom. The zero-order chi connectivity index (χ0) is 9.14. The number of aromatic nitrogens is 1. The minimum Gasteiger partial charge on any atom is -0.364 e.